The van der Waals surface area contributed by atoms with E-state index >= 15 is 4.79 Å². The molecule has 10 nitrogen and oxygen atoms in total. The van der Waals surface area contributed by atoms with Crippen LogP contribution in [-0.2, 0) is 33.3 Å². The molecule has 1 heterocycles. The van der Waals surface area contributed by atoms with Gasteiger partial charge in [-0.3, -0.25) is 9.59 Å². The fourth-order valence-corrected chi connectivity index (χ4v) is 9.92. The summed E-state index contributed by atoms with van der Waals surface area (Å²) in [6, 6.07) is 17.5. The average Bonchev–Trinajstić information content (AvgIpc) is 3.09. The van der Waals surface area contributed by atoms with E-state index in [0.717, 1.165) is 5.56 Å². The number of carbonyl (C=O) groups is 4. The van der Waals surface area contributed by atoms with Crippen molar-refractivity contribution in [3.63, 3.8) is 0 Å². The predicted octanol–water partition coefficient (Wildman–Crippen LogP) is 5.35. The van der Waals surface area contributed by atoms with Gasteiger partial charge in [0.25, 0.3) is 0 Å². The smallest absolute Gasteiger partial charge is 0.338 e. The topological polar surface area (TPSA) is 146 Å². The summed E-state index contributed by atoms with van der Waals surface area (Å²) in [6.45, 7) is 14.0. The summed E-state index contributed by atoms with van der Waals surface area (Å²) in [4.78, 5) is 55.8. The van der Waals surface area contributed by atoms with Crippen molar-refractivity contribution in [2.75, 3.05) is 6.61 Å². The number of Topliss-reactive ketones (excluding diaryl/α,β-unsaturated/α-hetero) is 1. The number of ketones is 1. The molecule has 1 aliphatic heterocycles. The third-order valence-electron chi connectivity index (χ3n) is 13.0. The number of hydrogen-bond acceptors (Lipinski definition) is 10. The van der Waals surface area contributed by atoms with Crippen LogP contribution in [0.1, 0.15) is 90.1 Å². The summed E-state index contributed by atoms with van der Waals surface area (Å²) in [6.07, 6.45) is -4.45. The van der Waals surface area contributed by atoms with E-state index < -0.39 is 82.1 Å². The first-order valence-corrected chi connectivity index (χ1v) is 17.9. The molecule has 2 bridgehead atoms. The molecule has 1 unspecified atom stereocenters. The van der Waals surface area contributed by atoms with Gasteiger partial charge in [-0.25, -0.2) is 9.59 Å². The Morgan fingerprint density at radius 1 is 0.961 bits per heavy atom. The van der Waals surface area contributed by atoms with E-state index in [1.807, 2.05) is 58.0 Å². The lowest BCUT2D eigenvalue weighted by Gasteiger charge is -2.68. The Kier molecular flexibility index (Phi) is 9.39. The molecule has 51 heavy (non-hydrogen) atoms. The Labute approximate surface area is 299 Å². The highest BCUT2D eigenvalue weighted by atomic mass is 16.6. The van der Waals surface area contributed by atoms with Gasteiger partial charge < -0.3 is 29.2 Å². The van der Waals surface area contributed by atoms with E-state index in [1.165, 1.54) is 6.92 Å². The maximum absolute atomic E-state index is 15.2. The normalized spacial score (nSPS) is 36.5. The van der Waals surface area contributed by atoms with Crippen molar-refractivity contribution >= 4 is 23.7 Å². The van der Waals surface area contributed by atoms with Crippen LogP contribution in [0.4, 0.5) is 0 Å². The largest absolute Gasteiger partial charge is 0.456 e. The molecule has 1 saturated heterocycles. The second-order valence-corrected chi connectivity index (χ2v) is 15.9. The van der Waals surface area contributed by atoms with E-state index in [4.69, 9.17) is 18.9 Å². The lowest BCUT2D eigenvalue weighted by molar-refractivity contribution is -0.339. The van der Waals surface area contributed by atoms with Crippen LogP contribution in [0, 0.1) is 28.6 Å². The van der Waals surface area contributed by atoms with Crippen LogP contribution in [-0.4, -0.2) is 76.1 Å². The molecular weight excluding hydrogens is 652 g/mol. The van der Waals surface area contributed by atoms with Gasteiger partial charge in [0.05, 0.1) is 18.1 Å². The molecule has 10 heteroatoms. The highest BCUT2D eigenvalue weighted by Gasteiger charge is 2.77. The third kappa shape index (κ3) is 5.56. The van der Waals surface area contributed by atoms with Gasteiger partial charge in [-0.05, 0) is 48.1 Å². The Morgan fingerprint density at radius 3 is 2.14 bits per heavy atom. The van der Waals surface area contributed by atoms with Crippen molar-refractivity contribution in [1.29, 1.82) is 0 Å². The second kappa shape index (κ2) is 13.0. The van der Waals surface area contributed by atoms with Gasteiger partial charge in [0, 0.05) is 36.0 Å². The Morgan fingerprint density at radius 2 is 1.57 bits per heavy atom. The highest BCUT2D eigenvalue weighted by Crippen LogP contribution is 2.66. The molecule has 4 aliphatic rings. The van der Waals surface area contributed by atoms with E-state index in [-0.39, 0.29) is 30.3 Å². The fourth-order valence-electron chi connectivity index (χ4n) is 9.92. The van der Waals surface area contributed by atoms with Crippen LogP contribution >= 0.6 is 0 Å². The molecule has 0 spiro atoms. The van der Waals surface area contributed by atoms with Gasteiger partial charge in [0.15, 0.2) is 11.7 Å². The van der Waals surface area contributed by atoms with Crippen LogP contribution in [0.2, 0.25) is 0 Å². The van der Waals surface area contributed by atoms with Crippen molar-refractivity contribution in [2.45, 2.75) is 110 Å². The second-order valence-electron chi connectivity index (χ2n) is 15.9. The number of aliphatic hydroxyl groups is 2. The van der Waals surface area contributed by atoms with Gasteiger partial charge in [0.2, 0.25) is 0 Å². The van der Waals surface area contributed by atoms with Crippen LogP contribution in [0.25, 0.3) is 0 Å². The van der Waals surface area contributed by atoms with Crippen molar-refractivity contribution in [3.05, 3.63) is 82.9 Å². The summed E-state index contributed by atoms with van der Waals surface area (Å²) in [5.41, 5.74) is -3.68. The van der Waals surface area contributed by atoms with Crippen molar-refractivity contribution in [2.24, 2.45) is 28.6 Å². The third-order valence-corrected chi connectivity index (χ3v) is 13.0. The summed E-state index contributed by atoms with van der Waals surface area (Å²) in [5, 5.41) is 24.7. The van der Waals surface area contributed by atoms with Crippen molar-refractivity contribution in [1.82, 2.24) is 0 Å². The van der Waals surface area contributed by atoms with E-state index in [1.54, 1.807) is 51.1 Å². The van der Waals surface area contributed by atoms with Gasteiger partial charge in [-0.15, -0.1) is 0 Å². The van der Waals surface area contributed by atoms with Gasteiger partial charge in [-0.1, -0.05) is 90.1 Å². The summed E-state index contributed by atoms with van der Waals surface area (Å²) >= 11 is 0. The molecule has 2 aromatic rings. The Bertz CT molecular complexity index is 1730. The molecule has 2 aromatic carbocycles. The average molecular weight is 703 g/mol. The first kappa shape index (κ1) is 36.9. The van der Waals surface area contributed by atoms with Crippen molar-refractivity contribution in [3.8, 4) is 0 Å². The Hall–Kier alpha value is -3.86. The zero-order valence-corrected chi connectivity index (χ0v) is 30.7. The zero-order valence-electron chi connectivity index (χ0n) is 30.7. The van der Waals surface area contributed by atoms with Crippen LogP contribution in [0.3, 0.4) is 0 Å². The fraction of sp³-hybridized carbons (Fsp3) is 0.561. The minimum Gasteiger partial charge on any atom is -0.456 e. The minimum absolute atomic E-state index is 0.0501. The van der Waals surface area contributed by atoms with Crippen molar-refractivity contribution < 1.29 is 48.3 Å². The van der Waals surface area contributed by atoms with Gasteiger partial charge in [-0.2, -0.15) is 0 Å². The molecule has 0 amide bonds. The van der Waals surface area contributed by atoms with E-state index in [9.17, 15) is 24.6 Å². The molecule has 11 atom stereocenters. The van der Waals surface area contributed by atoms with E-state index in [0.29, 0.717) is 17.6 Å². The molecular formula is C41H50O10. The highest BCUT2D eigenvalue weighted by molar-refractivity contribution is 5.92. The number of ether oxygens (including phenoxy) is 4. The first-order valence-electron chi connectivity index (χ1n) is 17.9. The van der Waals surface area contributed by atoms with Gasteiger partial charge >= 0.3 is 17.9 Å². The summed E-state index contributed by atoms with van der Waals surface area (Å²) in [7, 11) is 0. The maximum atomic E-state index is 15.2. The van der Waals surface area contributed by atoms with E-state index in [2.05, 4.69) is 0 Å². The lowest BCUT2D eigenvalue weighted by Crippen LogP contribution is -2.80. The number of aliphatic hydroxyl groups excluding tert-OH is 1. The number of carbonyl (C=O) groups excluding carboxylic acids is 4. The molecule has 3 fully saturated rings. The summed E-state index contributed by atoms with van der Waals surface area (Å²) in [5.74, 6) is -5.08. The van der Waals surface area contributed by atoms with Gasteiger partial charge in [0.1, 0.15) is 29.7 Å². The number of esters is 3. The Balaban J connectivity index is 1.53. The zero-order chi connectivity index (χ0) is 37.3. The molecule has 274 valence electrons. The number of hydrogen-bond donors (Lipinski definition) is 2. The minimum atomic E-state index is -1.97. The number of benzene rings is 2. The van der Waals surface area contributed by atoms with Crippen LogP contribution in [0.5, 0.6) is 0 Å². The predicted molar refractivity (Wildman–Crippen MR) is 186 cm³/mol. The van der Waals surface area contributed by atoms with Crippen LogP contribution in [0.15, 0.2) is 71.8 Å². The van der Waals surface area contributed by atoms with Crippen LogP contribution < -0.4 is 0 Å². The molecule has 0 aromatic heterocycles. The molecule has 2 N–H and O–H groups in total. The standard InChI is InChI=1S/C41H50O10/c1-22-19-30-40(21-48-30,51-26(5)42)33-35(50-36(45)28-17-13-10-14-18-28)41(47)20-29(49-37(46)32(43)23(2)27-15-11-9-12-16-27)24(3)31(38(41,6)7)25(4)34(44)39(22,33)8/h9-18,22-23,25,29-30,32-33,35,43,47H,19-21H2,1-8H3/t22-,23-,25+,29?,30+,32+,33-,35-,39+,40-,41+/m0/s1. The quantitative estimate of drug-likeness (QED) is 0.220. The number of fused-ring (bicyclic) bond motifs is 5. The molecule has 6 rings (SSSR count). The summed E-state index contributed by atoms with van der Waals surface area (Å²) < 4.78 is 24.8. The maximum Gasteiger partial charge on any atom is 0.338 e. The SMILES string of the molecule is CC(=O)O[C@@]12CO[C@@H]1C[C@H](C)[C@@]1(C)C(=O)[C@H](C)C3=C(C)C(OC(=O)[C@H](O)[C@@H](C)c4ccccc4)C[C@@](O)([C@@H](OC(=O)c4ccccc4)[C@H]21)C3(C)C. The number of rotatable bonds is 7. The molecule has 0 radical (unpaired) electrons. The molecule has 3 aliphatic carbocycles. The lowest BCUT2D eigenvalue weighted by atomic mass is 9.42. The first-order chi connectivity index (χ1) is 23.9. The molecule has 2 saturated carbocycles. The monoisotopic (exact) mass is 702 g/mol.